The number of halogens is 2. The van der Waals surface area contributed by atoms with E-state index in [0.717, 1.165) is 20.6 Å². The number of pyridine rings is 1. The van der Waals surface area contributed by atoms with Gasteiger partial charge >= 0.3 is 0 Å². The number of benzene rings is 1. The van der Waals surface area contributed by atoms with Gasteiger partial charge in [0.05, 0.1) is 24.4 Å². The quantitative estimate of drug-likeness (QED) is 0.256. The number of hydrogen-bond donors (Lipinski definition) is 0. The minimum absolute atomic E-state index is 0.349. The molecule has 0 radical (unpaired) electrons. The van der Waals surface area contributed by atoms with Crippen molar-refractivity contribution in [2.75, 3.05) is 13.7 Å². The Morgan fingerprint density at radius 2 is 2.00 bits per heavy atom. The SMILES string of the molecule is COc1cccc(F)c1-c1cncc2c1c(I)nn2COCC[Si](C)(C)C. The Balaban J connectivity index is 1.98. The second-order valence-electron chi connectivity index (χ2n) is 7.54. The monoisotopic (exact) mass is 499 g/mol. The Kier molecular flexibility index (Phi) is 6.17. The summed E-state index contributed by atoms with van der Waals surface area (Å²) in [6.45, 7) is 8.02. The fraction of sp³-hybridized carbons (Fsp3) is 0.368. The third kappa shape index (κ3) is 4.49. The first-order valence-electron chi connectivity index (χ1n) is 8.72. The largest absolute Gasteiger partial charge is 0.496 e. The van der Waals surface area contributed by atoms with Gasteiger partial charge in [-0.05, 0) is 40.8 Å². The molecule has 0 N–H and O–H groups in total. The number of fused-ring (bicyclic) bond motifs is 1. The predicted octanol–water partition coefficient (Wildman–Crippen LogP) is 5.16. The van der Waals surface area contributed by atoms with Crippen molar-refractivity contribution in [3.8, 4) is 16.9 Å². The Morgan fingerprint density at radius 3 is 2.70 bits per heavy atom. The summed E-state index contributed by atoms with van der Waals surface area (Å²) in [5.41, 5.74) is 1.88. The molecule has 8 heteroatoms. The van der Waals surface area contributed by atoms with Crippen molar-refractivity contribution >= 4 is 41.6 Å². The zero-order chi connectivity index (χ0) is 19.6. The van der Waals surface area contributed by atoms with Crippen molar-refractivity contribution in [3.05, 3.63) is 40.1 Å². The molecule has 3 aromatic rings. The number of methoxy groups -OCH3 is 1. The Hall–Kier alpha value is -1.52. The van der Waals surface area contributed by atoms with Crippen LogP contribution in [0.25, 0.3) is 22.0 Å². The first kappa shape index (κ1) is 20.2. The van der Waals surface area contributed by atoms with Crippen molar-refractivity contribution in [2.45, 2.75) is 32.4 Å². The summed E-state index contributed by atoms with van der Waals surface area (Å²) in [7, 11) is 0.396. The lowest BCUT2D eigenvalue weighted by Gasteiger charge is -2.15. The minimum Gasteiger partial charge on any atom is -0.496 e. The molecule has 0 aliphatic heterocycles. The number of aromatic nitrogens is 3. The Bertz CT molecular complexity index is 956. The molecule has 2 aromatic heterocycles. The molecule has 0 aliphatic carbocycles. The highest BCUT2D eigenvalue weighted by Crippen LogP contribution is 2.38. The zero-order valence-corrected chi connectivity index (χ0v) is 19.1. The summed E-state index contributed by atoms with van der Waals surface area (Å²) in [4.78, 5) is 4.31. The lowest BCUT2D eigenvalue weighted by molar-refractivity contribution is 0.0814. The molecular weight excluding hydrogens is 476 g/mol. The van der Waals surface area contributed by atoms with Gasteiger partial charge in [0.2, 0.25) is 0 Å². The van der Waals surface area contributed by atoms with Gasteiger partial charge in [-0.1, -0.05) is 25.7 Å². The molecule has 2 heterocycles. The van der Waals surface area contributed by atoms with Crippen LogP contribution < -0.4 is 4.74 Å². The van der Waals surface area contributed by atoms with Gasteiger partial charge < -0.3 is 9.47 Å². The van der Waals surface area contributed by atoms with Crippen molar-refractivity contribution in [2.24, 2.45) is 0 Å². The van der Waals surface area contributed by atoms with Crippen LogP contribution >= 0.6 is 22.6 Å². The van der Waals surface area contributed by atoms with Crippen LogP contribution in [0.1, 0.15) is 0 Å². The van der Waals surface area contributed by atoms with Crippen LogP contribution in [-0.4, -0.2) is 36.6 Å². The average molecular weight is 499 g/mol. The second-order valence-corrected chi connectivity index (χ2v) is 14.2. The van der Waals surface area contributed by atoms with E-state index in [2.05, 4.69) is 52.3 Å². The number of rotatable bonds is 7. The van der Waals surface area contributed by atoms with Crippen LogP contribution in [0.4, 0.5) is 4.39 Å². The minimum atomic E-state index is -1.14. The summed E-state index contributed by atoms with van der Waals surface area (Å²) < 4.78 is 28.4. The molecule has 0 atom stereocenters. The third-order valence-corrected chi connectivity index (χ3v) is 6.75. The third-order valence-electron chi connectivity index (χ3n) is 4.29. The molecule has 0 saturated heterocycles. The molecule has 144 valence electrons. The summed E-state index contributed by atoms with van der Waals surface area (Å²) >= 11 is 2.17. The number of ether oxygens (including phenoxy) is 2. The molecule has 0 fully saturated rings. The van der Waals surface area contributed by atoms with Crippen LogP contribution in [-0.2, 0) is 11.5 Å². The van der Waals surface area contributed by atoms with Crippen LogP contribution in [0.15, 0.2) is 30.6 Å². The van der Waals surface area contributed by atoms with E-state index in [4.69, 9.17) is 9.47 Å². The Labute approximate surface area is 173 Å². The van der Waals surface area contributed by atoms with E-state index >= 15 is 0 Å². The maximum atomic E-state index is 14.6. The molecule has 0 bridgehead atoms. The molecule has 0 aliphatic rings. The predicted molar refractivity (Wildman–Crippen MR) is 116 cm³/mol. The zero-order valence-electron chi connectivity index (χ0n) is 15.9. The van der Waals surface area contributed by atoms with E-state index in [0.29, 0.717) is 30.2 Å². The fourth-order valence-corrected chi connectivity index (χ4v) is 4.41. The molecule has 0 saturated carbocycles. The standard InChI is InChI=1S/C19H23FIN3O2Si/c1-25-16-7-5-6-14(20)17(16)13-10-22-11-15-18(13)19(21)23-24(15)12-26-8-9-27(2,3)4/h5-7,10-11H,8-9,12H2,1-4H3. The lowest BCUT2D eigenvalue weighted by atomic mass is 10.0. The van der Waals surface area contributed by atoms with E-state index in [-0.39, 0.29) is 5.82 Å². The molecule has 0 amide bonds. The summed E-state index contributed by atoms with van der Waals surface area (Å²) in [5.74, 6) is 0.123. The molecular formula is C19H23FIN3O2Si. The maximum Gasteiger partial charge on any atom is 0.140 e. The highest BCUT2D eigenvalue weighted by atomic mass is 127. The van der Waals surface area contributed by atoms with E-state index < -0.39 is 8.07 Å². The van der Waals surface area contributed by atoms with Gasteiger partial charge in [0.1, 0.15) is 22.0 Å². The van der Waals surface area contributed by atoms with Crippen LogP contribution in [0, 0.1) is 9.52 Å². The van der Waals surface area contributed by atoms with E-state index in [1.165, 1.54) is 13.2 Å². The maximum absolute atomic E-state index is 14.6. The van der Waals surface area contributed by atoms with E-state index in [1.807, 2.05) is 0 Å². The second kappa shape index (κ2) is 8.23. The lowest BCUT2D eigenvalue weighted by Crippen LogP contribution is -2.22. The summed E-state index contributed by atoms with van der Waals surface area (Å²) in [5, 5.41) is 5.43. The van der Waals surface area contributed by atoms with E-state index in [1.54, 1.807) is 29.2 Å². The molecule has 27 heavy (non-hydrogen) atoms. The molecule has 1 aromatic carbocycles. The highest BCUT2D eigenvalue weighted by molar-refractivity contribution is 14.1. The number of nitrogens with zero attached hydrogens (tertiary/aromatic N) is 3. The van der Waals surface area contributed by atoms with Crippen LogP contribution in [0.5, 0.6) is 5.75 Å². The van der Waals surface area contributed by atoms with Gasteiger partial charge in [0.25, 0.3) is 0 Å². The molecule has 3 rings (SSSR count). The van der Waals surface area contributed by atoms with Gasteiger partial charge in [0, 0.05) is 31.8 Å². The smallest absolute Gasteiger partial charge is 0.140 e. The van der Waals surface area contributed by atoms with Gasteiger partial charge in [0.15, 0.2) is 0 Å². The van der Waals surface area contributed by atoms with Gasteiger partial charge in [-0.3, -0.25) is 4.98 Å². The summed E-state index contributed by atoms with van der Waals surface area (Å²) in [6.07, 6.45) is 3.40. The molecule has 5 nitrogen and oxygen atoms in total. The fourth-order valence-electron chi connectivity index (χ4n) is 2.83. The van der Waals surface area contributed by atoms with Gasteiger partial charge in [-0.2, -0.15) is 5.10 Å². The van der Waals surface area contributed by atoms with Crippen molar-refractivity contribution in [1.29, 1.82) is 0 Å². The normalized spacial score (nSPS) is 11.9. The van der Waals surface area contributed by atoms with Crippen LogP contribution in [0.2, 0.25) is 25.7 Å². The highest BCUT2D eigenvalue weighted by Gasteiger charge is 2.20. The van der Waals surface area contributed by atoms with Crippen molar-refractivity contribution < 1.29 is 13.9 Å². The number of hydrogen-bond acceptors (Lipinski definition) is 4. The van der Waals surface area contributed by atoms with Gasteiger partial charge in [-0.25, -0.2) is 9.07 Å². The van der Waals surface area contributed by atoms with Crippen molar-refractivity contribution in [3.63, 3.8) is 0 Å². The summed E-state index contributed by atoms with van der Waals surface area (Å²) in [6, 6.07) is 5.90. The van der Waals surface area contributed by atoms with Crippen LogP contribution in [0.3, 0.4) is 0 Å². The first-order chi connectivity index (χ1) is 12.8. The average Bonchev–Trinajstić information content (AvgIpc) is 2.94. The first-order valence-corrected chi connectivity index (χ1v) is 13.5. The molecule has 0 unspecified atom stereocenters. The van der Waals surface area contributed by atoms with E-state index in [9.17, 15) is 4.39 Å². The van der Waals surface area contributed by atoms with Crippen molar-refractivity contribution in [1.82, 2.24) is 14.8 Å². The Morgan fingerprint density at radius 1 is 1.22 bits per heavy atom. The molecule has 0 spiro atoms. The topological polar surface area (TPSA) is 49.2 Å². The van der Waals surface area contributed by atoms with Gasteiger partial charge in [-0.15, -0.1) is 0 Å².